The lowest BCUT2D eigenvalue weighted by atomic mass is 9.63. The number of rotatable bonds is 4. The summed E-state index contributed by atoms with van der Waals surface area (Å²) in [5.41, 5.74) is 3.57. The van der Waals surface area contributed by atoms with Crippen LogP contribution in [0.1, 0.15) is 65.1 Å². The molecule has 1 fully saturated rings. The second-order valence-electron chi connectivity index (χ2n) is 11.3. The molecule has 4 aromatic rings. The molecule has 3 aliphatic rings. The fourth-order valence-corrected chi connectivity index (χ4v) is 6.79. The average molecular weight is 589 g/mol. The largest absolute Gasteiger partial charge is 0.434 e. The molecule has 3 heterocycles. The molecule has 42 heavy (non-hydrogen) atoms. The molecule has 0 unspecified atom stereocenters. The molecule has 7 rings (SSSR count). The number of nitrogens with zero attached hydrogens (tertiary/aromatic N) is 3. The van der Waals surface area contributed by atoms with Crippen LogP contribution in [0.5, 0.6) is 5.75 Å². The Balaban J connectivity index is 1.28. The van der Waals surface area contributed by atoms with Crippen molar-refractivity contribution in [1.29, 1.82) is 0 Å². The van der Waals surface area contributed by atoms with Gasteiger partial charge in [-0.25, -0.2) is 9.37 Å². The predicted octanol–water partition coefficient (Wildman–Crippen LogP) is 5.74. The van der Waals surface area contributed by atoms with Crippen molar-refractivity contribution in [3.8, 4) is 16.9 Å². The van der Waals surface area contributed by atoms with E-state index in [1.54, 1.807) is 24.3 Å². The number of Topliss-reactive ketones (excluding diaryl/α,β-unsaturated/α-hetero) is 1. The maximum absolute atomic E-state index is 15.2. The molecule has 7 nitrogen and oxygen atoms in total. The molecular formula is C29H22F6N4O3. The van der Waals surface area contributed by atoms with Gasteiger partial charge in [0.05, 0.1) is 28.3 Å². The number of imidazole rings is 1. The number of ketones is 1. The summed E-state index contributed by atoms with van der Waals surface area (Å²) in [4.78, 5) is 21.8. The first-order valence-corrected chi connectivity index (χ1v) is 13.2. The van der Waals surface area contributed by atoms with E-state index in [1.807, 2.05) is 4.57 Å². The third-order valence-corrected chi connectivity index (χ3v) is 8.64. The lowest BCUT2D eigenvalue weighted by Crippen LogP contribution is -2.66. The number of aromatic nitrogens is 3. The minimum atomic E-state index is -4.90. The zero-order valence-corrected chi connectivity index (χ0v) is 21.6. The number of alkyl halides is 5. The van der Waals surface area contributed by atoms with Crippen LogP contribution in [-0.4, -0.2) is 43.8 Å². The summed E-state index contributed by atoms with van der Waals surface area (Å²) in [6.07, 6.45) is -4.82. The van der Waals surface area contributed by atoms with Gasteiger partial charge in [0.2, 0.25) is 0 Å². The maximum atomic E-state index is 15.2. The first-order chi connectivity index (χ1) is 19.8. The molecule has 2 aromatic carbocycles. The van der Waals surface area contributed by atoms with Crippen molar-refractivity contribution in [2.24, 2.45) is 5.73 Å². The van der Waals surface area contributed by atoms with E-state index >= 15 is 4.39 Å². The summed E-state index contributed by atoms with van der Waals surface area (Å²) in [5, 5.41) is 9.82. The van der Waals surface area contributed by atoms with Crippen LogP contribution in [0.25, 0.3) is 22.2 Å². The number of carbonyl (C=O) groups excluding carboxylic acids is 1. The Morgan fingerprint density at radius 3 is 2.57 bits per heavy atom. The van der Waals surface area contributed by atoms with Gasteiger partial charge < -0.3 is 20.1 Å². The number of pyridine rings is 1. The van der Waals surface area contributed by atoms with Gasteiger partial charge in [0.25, 0.3) is 0 Å². The minimum Gasteiger partial charge on any atom is -0.434 e. The third kappa shape index (κ3) is 3.86. The number of hydrogen-bond acceptors (Lipinski definition) is 6. The Kier molecular flexibility index (Phi) is 5.62. The maximum Gasteiger partial charge on any atom is 0.417 e. The minimum absolute atomic E-state index is 0.0849. The molecule has 2 aliphatic carbocycles. The Labute approximate surface area is 233 Å². The summed E-state index contributed by atoms with van der Waals surface area (Å²) >= 11 is 0. The predicted molar refractivity (Wildman–Crippen MR) is 137 cm³/mol. The van der Waals surface area contributed by atoms with Crippen LogP contribution in [-0.2, 0) is 5.54 Å². The topological polar surface area (TPSA) is 103 Å². The highest BCUT2D eigenvalue weighted by Crippen LogP contribution is 2.54. The van der Waals surface area contributed by atoms with Crippen molar-refractivity contribution in [2.45, 2.75) is 61.6 Å². The number of ether oxygens (including phenoxy) is 1. The van der Waals surface area contributed by atoms with Gasteiger partial charge in [-0.05, 0) is 36.2 Å². The highest BCUT2D eigenvalue weighted by molar-refractivity contribution is 6.00. The molecule has 2 bridgehead atoms. The van der Waals surface area contributed by atoms with Crippen molar-refractivity contribution in [1.82, 2.24) is 14.5 Å². The van der Waals surface area contributed by atoms with Gasteiger partial charge >= 0.3 is 12.8 Å². The highest BCUT2D eigenvalue weighted by Gasteiger charge is 2.67. The van der Waals surface area contributed by atoms with Gasteiger partial charge in [-0.2, -0.15) is 22.0 Å². The Morgan fingerprint density at radius 2 is 1.88 bits per heavy atom. The van der Waals surface area contributed by atoms with Gasteiger partial charge in [0.1, 0.15) is 17.4 Å². The SMILES string of the molecule is NC1(c2ncc(-c3ccc4nc5n(c4c3)[C@H]3C[C@@H]5CC(=O)c4cccc(OC(F)F)c43)cc2F)CC(O)(C(F)(F)F)C1. The lowest BCUT2D eigenvalue weighted by Gasteiger charge is -2.51. The fraction of sp³-hybridized carbons (Fsp3) is 0.345. The van der Waals surface area contributed by atoms with E-state index in [9.17, 15) is 31.9 Å². The number of halogens is 6. The Morgan fingerprint density at radius 1 is 1.12 bits per heavy atom. The normalized spacial score (nSPS) is 26.6. The van der Waals surface area contributed by atoms with E-state index in [4.69, 9.17) is 15.5 Å². The molecule has 3 N–H and O–H groups in total. The molecular weight excluding hydrogens is 566 g/mol. The Bertz CT molecular complexity index is 1780. The molecule has 0 amide bonds. The zero-order valence-electron chi connectivity index (χ0n) is 21.6. The highest BCUT2D eigenvalue weighted by atomic mass is 19.4. The number of aliphatic hydroxyl groups is 1. The van der Waals surface area contributed by atoms with Crippen molar-refractivity contribution >= 4 is 16.8 Å². The van der Waals surface area contributed by atoms with Gasteiger partial charge in [-0.1, -0.05) is 18.2 Å². The number of carbonyl (C=O) groups is 1. The van der Waals surface area contributed by atoms with Gasteiger partial charge in [0.15, 0.2) is 11.4 Å². The van der Waals surface area contributed by atoms with Crippen LogP contribution in [0.15, 0.2) is 48.7 Å². The second-order valence-corrected chi connectivity index (χ2v) is 11.3. The van der Waals surface area contributed by atoms with Gasteiger partial charge in [0, 0.05) is 48.1 Å². The standard InChI is InChI=1S/C29H22F6N4O3/c30-17-6-15(10-37-24(17)27(36)11-28(41,12-27)29(33,34)35)13-4-5-18-19(7-13)39-20-8-14(25(39)38-18)9-21(40)16-2-1-3-22(23(16)20)42-26(31)32/h1-7,10,14,20,26,41H,8-9,11-12,36H2/t14-,20+,27?,28?/m1/s1. The summed E-state index contributed by atoms with van der Waals surface area (Å²) in [6, 6.07) is 10.2. The molecule has 0 spiro atoms. The summed E-state index contributed by atoms with van der Waals surface area (Å²) in [7, 11) is 0. The quantitative estimate of drug-likeness (QED) is 0.295. The molecule has 2 atom stereocenters. The average Bonchev–Trinajstić information content (AvgIpc) is 3.38. The third-order valence-electron chi connectivity index (χ3n) is 8.64. The number of benzene rings is 2. The molecule has 2 aromatic heterocycles. The molecule has 0 radical (unpaired) electrons. The van der Waals surface area contributed by atoms with Gasteiger partial charge in [-0.3, -0.25) is 9.78 Å². The lowest BCUT2D eigenvalue weighted by molar-refractivity contribution is -0.304. The Hall–Kier alpha value is -3.97. The van der Waals surface area contributed by atoms with Crippen molar-refractivity contribution in [2.75, 3.05) is 0 Å². The summed E-state index contributed by atoms with van der Waals surface area (Å²) in [6.45, 7) is -3.09. The van der Waals surface area contributed by atoms with Crippen LogP contribution in [0.2, 0.25) is 0 Å². The molecule has 1 saturated carbocycles. The molecule has 13 heteroatoms. The molecule has 218 valence electrons. The van der Waals surface area contributed by atoms with Crippen molar-refractivity contribution in [3.05, 3.63) is 77.1 Å². The van der Waals surface area contributed by atoms with E-state index in [-0.39, 0.29) is 29.6 Å². The van der Waals surface area contributed by atoms with E-state index in [1.165, 1.54) is 18.3 Å². The first-order valence-electron chi connectivity index (χ1n) is 13.2. The van der Waals surface area contributed by atoms with E-state index in [2.05, 4.69) is 4.98 Å². The smallest absolute Gasteiger partial charge is 0.417 e. The summed E-state index contributed by atoms with van der Waals surface area (Å²) < 4.78 is 87.8. The van der Waals surface area contributed by atoms with Crippen LogP contribution >= 0.6 is 0 Å². The monoisotopic (exact) mass is 588 g/mol. The van der Waals surface area contributed by atoms with Crippen LogP contribution in [0, 0.1) is 5.82 Å². The summed E-state index contributed by atoms with van der Waals surface area (Å²) in [5.74, 6) is -0.799. The fourth-order valence-electron chi connectivity index (χ4n) is 6.79. The van der Waals surface area contributed by atoms with E-state index in [0.717, 1.165) is 6.07 Å². The second kappa shape index (κ2) is 8.77. The molecule has 0 saturated heterocycles. The van der Waals surface area contributed by atoms with Crippen molar-refractivity contribution in [3.63, 3.8) is 0 Å². The van der Waals surface area contributed by atoms with Crippen LogP contribution in [0.4, 0.5) is 26.3 Å². The van der Waals surface area contributed by atoms with Crippen LogP contribution < -0.4 is 10.5 Å². The number of hydrogen-bond donors (Lipinski definition) is 2. The first kappa shape index (κ1) is 26.9. The number of fused-ring (bicyclic) bond motifs is 9. The molecule has 1 aliphatic heterocycles. The van der Waals surface area contributed by atoms with Crippen LogP contribution in [0.3, 0.4) is 0 Å². The van der Waals surface area contributed by atoms with Gasteiger partial charge in [-0.15, -0.1) is 0 Å². The van der Waals surface area contributed by atoms with E-state index < -0.39 is 48.6 Å². The van der Waals surface area contributed by atoms with Crippen molar-refractivity contribution < 1.29 is 41.0 Å². The zero-order chi connectivity index (χ0) is 29.8. The number of nitrogens with two attached hydrogens (primary N) is 1. The van der Waals surface area contributed by atoms with E-state index in [0.29, 0.717) is 45.5 Å².